The van der Waals surface area contributed by atoms with E-state index in [1.807, 2.05) is 6.92 Å². The zero-order chi connectivity index (χ0) is 13.7. The molecule has 0 saturated carbocycles. The van der Waals surface area contributed by atoms with E-state index in [9.17, 15) is 4.57 Å². The minimum atomic E-state index is -2.84. The minimum absolute atomic E-state index is 0.522. The number of fused-ring (bicyclic) bond motifs is 1. The quantitative estimate of drug-likeness (QED) is 0.701. The molecule has 2 saturated heterocycles. The van der Waals surface area contributed by atoms with Crippen LogP contribution in [0.5, 0.6) is 0 Å². The Labute approximate surface area is 117 Å². The van der Waals surface area contributed by atoms with Crippen LogP contribution in [0.2, 0.25) is 0 Å². The summed E-state index contributed by atoms with van der Waals surface area (Å²) < 4.78 is 23.1. The average Bonchev–Trinajstić information content (AvgIpc) is 2.43. The molecule has 2 rings (SSSR count). The molecule has 0 aromatic rings. The SMILES string of the molecule is CCCO[P@@](C)(=O)OC[C@H]1CCCN2CCCC[C@H]12. The van der Waals surface area contributed by atoms with Crippen molar-refractivity contribution in [3.63, 3.8) is 0 Å². The van der Waals surface area contributed by atoms with Crippen molar-refractivity contribution in [2.45, 2.75) is 51.5 Å². The van der Waals surface area contributed by atoms with Crippen molar-refractivity contribution in [2.24, 2.45) is 5.92 Å². The Balaban J connectivity index is 1.82. The van der Waals surface area contributed by atoms with Crippen molar-refractivity contribution in [3.8, 4) is 0 Å². The summed E-state index contributed by atoms with van der Waals surface area (Å²) in [5.74, 6) is 0.535. The van der Waals surface area contributed by atoms with Gasteiger partial charge < -0.3 is 13.9 Å². The van der Waals surface area contributed by atoms with Crippen molar-refractivity contribution >= 4 is 7.60 Å². The standard InChI is InChI=1S/C14H28NO3P/c1-3-11-17-19(2,16)18-12-13-7-6-10-15-9-5-4-8-14(13)15/h13-14H,3-12H2,1-2H3/t13-,14-,19-/m1/s1. The Bertz CT molecular complexity index is 322. The molecule has 0 amide bonds. The summed E-state index contributed by atoms with van der Waals surface area (Å²) in [6.45, 7) is 7.20. The number of hydrogen-bond acceptors (Lipinski definition) is 4. The summed E-state index contributed by atoms with van der Waals surface area (Å²) in [6, 6.07) is 0.647. The Morgan fingerprint density at radius 1 is 1.16 bits per heavy atom. The van der Waals surface area contributed by atoms with E-state index in [1.54, 1.807) is 6.66 Å². The normalized spacial score (nSPS) is 31.7. The average molecular weight is 289 g/mol. The highest BCUT2D eigenvalue weighted by molar-refractivity contribution is 7.52. The number of hydrogen-bond donors (Lipinski definition) is 0. The van der Waals surface area contributed by atoms with Gasteiger partial charge >= 0.3 is 7.60 Å². The van der Waals surface area contributed by atoms with Crippen LogP contribution < -0.4 is 0 Å². The lowest BCUT2D eigenvalue weighted by atomic mass is 9.84. The predicted molar refractivity (Wildman–Crippen MR) is 77.7 cm³/mol. The van der Waals surface area contributed by atoms with Gasteiger partial charge in [-0.2, -0.15) is 0 Å². The monoisotopic (exact) mass is 289 g/mol. The van der Waals surface area contributed by atoms with E-state index in [2.05, 4.69) is 4.90 Å². The summed E-state index contributed by atoms with van der Waals surface area (Å²) in [5.41, 5.74) is 0. The maximum absolute atomic E-state index is 12.1. The van der Waals surface area contributed by atoms with Crippen LogP contribution in [0.4, 0.5) is 0 Å². The van der Waals surface area contributed by atoms with Crippen LogP contribution in [0.25, 0.3) is 0 Å². The molecule has 112 valence electrons. The van der Waals surface area contributed by atoms with E-state index < -0.39 is 7.60 Å². The maximum Gasteiger partial charge on any atom is 0.327 e. The van der Waals surface area contributed by atoms with Crippen LogP contribution >= 0.6 is 7.60 Å². The second-order valence-corrected chi connectivity index (χ2v) is 7.96. The van der Waals surface area contributed by atoms with Gasteiger partial charge in [-0.3, -0.25) is 4.57 Å². The zero-order valence-corrected chi connectivity index (χ0v) is 13.2. The molecule has 2 aliphatic rings. The summed E-state index contributed by atoms with van der Waals surface area (Å²) in [4.78, 5) is 2.61. The fraction of sp³-hybridized carbons (Fsp3) is 1.00. The molecule has 2 aliphatic heterocycles. The third-order valence-electron chi connectivity index (χ3n) is 4.28. The molecule has 5 heteroatoms. The van der Waals surface area contributed by atoms with E-state index in [0.29, 0.717) is 25.2 Å². The Morgan fingerprint density at radius 3 is 2.74 bits per heavy atom. The molecular weight excluding hydrogens is 261 g/mol. The van der Waals surface area contributed by atoms with Gasteiger partial charge in [0.25, 0.3) is 0 Å². The Kier molecular flexibility index (Phi) is 5.88. The smallest absolute Gasteiger partial charge is 0.309 e. The molecule has 2 fully saturated rings. The first-order valence-corrected chi connectivity index (χ1v) is 9.72. The molecular formula is C14H28NO3P. The predicted octanol–water partition coefficient (Wildman–Crippen LogP) is 3.52. The van der Waals surface area contributed by atoms with E-state index in [1.165, 1.54) is 45.2 Å². The van der Waals surface area contributed by atoms with Gasteiger partial charge in [-0.15, -0.1) is 0 Å². The van der Waals surface area contributed by atoms with Crippen LogP contribution in [0, 0.1) is 5.92 Å². The molecule has 3 atom stereocenters. The van der Waals surface area contributed by atoms with Crippen LogP contribution in [-0.4, -0.2) is 43.9 Å². The van der Waals surface area contributed by atoms with Crippen LogP contribution in [0.15, 0.2) is 0 Å². The van der Waals surface area contributed by atoms with Crippen LogP contribution in [0.1, 0.15) is 45.4 Å². The molecule has 0 unspecified atom stereocenters. The largest absolute Gasteiger partial charge is 0.327 e. The molecule has 19 heavy (non-hydrogen) atoms. The zero-order valence-electron chi connectivity index (χ0n) is 12.3. The first kappa shape index (κ1) is 15.5. The van der Waals surface area contributed by atoms with Gasteiger partial charge in [-0.05, 0) is 51.1 Å². The molecule has 0 aromatic carbocycles. The fourth-order valence-corrected chi connectivity index (χ4v) is 4.35. The van der Waals surface area contributed by atoms with E-state index >= 15 is 0 Å². The molecule has 0 spiro atoms. The van der Waals surface area contributed by atoms with E-state index in [-0.39, 0.29) is 0 Å². The second kappa shape index (κ2) is 7.21. The third-order valence-corrected chi connectivity index (χ3v) is 5.55. The molecule has 4 nitrogen and oxygen atoms in total. The molecule has 0 radical (unpaired) electrons. The van der Waals surface area contributed by atoms with Gasteiger partial charge in [0.1, 0.15) is 0 Å². The molecule has 0 N–H and O–H groups in total. The van der Waals surface area contributed by atoms with Crippen LogP contribution in [0.3, 0.4) is 0 Å². The summed E-state index contributed by atoms with van der Waals surface area (Å²) in [5, 5.41) is 0. The summed E-state index contributed by atoms with van der Waals surface area (Å²) in [6.07, 6.45) is 7.26. The highest BCUT2D eigenvalue weighted by Gasteiger charge is 2.34. The van der Waals surface area contributed by atoms with Crippen LogP contribution in [-0.2, 0) is 13.6 Å². The minimum Gasteiger partial charge on any atom is -0.309 e. The second-order valence-electron chi connectivity index (χ2n) is 5.90. The molecule has 2 heterocycles. The third kappa shape index (κ3) is 4.56. The maximum atomic E-state index is 12.1. The lowest BCUT2D eigenvalue weighted by Gasteiger charge is -2.44. The first-order chi connectivity index (χ1) is 9.12. The Morgan fingerprint density at radius 2 is 1.95 bits per heavy atom. The molecule has 0 aliphatic carbocycles. The number of piperidine rings is 2. The topological polar surface area (TPSA) is 38.8 Å². The number of nitrogens with zero attached hydrogens (tertiary/aromatic N) is 1. The molecule has 0 aromatic heterocycles. The van der Waals surface area contributed by atoms with E-state index in [4.69, 9.17) is 9.05 Å². The van der Waals surface area contributed by atoms with Crippen molar-refractivity contribution in [3.05, 3.63) is 0 Å². The van der Waals surface area contributed by atoms with Crippen molar-refractivity contribution < 1.29 is 13.6 Å². The van der Waals surface area contributed by atoms with Crippen molar-refractivity contribution in [1.82, 2.24) is 4.90 Å². The Hall–Kier alpha value is 0.110. The lowest BCUT2D eigenvalue weighted by molar-refractivity contribution is 0.0329. The van der Waals surface area contributed by atoms with Crippen molar-refractivity contribution in [1.29, 1.82) is 0 Å². The summed E-state index contributed by atoms with van der Waals surface area (Å²) >= 11 is 0. The van der Waals surface area contributed by atoms with Gasteiger partial charge in [0.2, 0.25) is 0 Å². The van der Waals surface area contributed by atoms with Gasteiger partial charge in [-0.1, -0.05) is 13.3 Å². The van der Waals surface area contributed by atoms with Gasteiger partial charge in [0.15, 0.2) is 0 Å². The lowest BCUT2D eigenvalue weighted by Crippen LogP contribution is -2.49. The highest BCUT2D eigenvalue weighted by atomic mass is 31.2. The van der Waals surface area contributed by atoms with Gasteiger partial charge in [-0.25, -0.2) is 0 Å². The summed E-state index contributed by atoms with van der Waals surface area (Å²) in [7, 11) is -2.84. The first-order valence-electron chi connectivity index (χ1n) is 7.73. The fourth-order valence-electron chi connectivity index (χ4n) is 3.30. The van der Waals surface area contributed by atoms with E-state index in [0.717, 1.165) is 6.42 Å². The highest BCUT2D eigenvalue weighted by Crippen LogP contribution is 2.45. The molecule has 0 bridgehead atoms. The number of rotatable bonds is 6. The van der Waals surface area contributed by atoms with Gasteiger partial charge in [0, 0.05) is 12.7 Å². The van der Waals surface area contributed by atoms with Gasteiger partial charge in [0.05, 0.1) is 13.2 Å². The van der Waals surface area contributed by atoms with Crippen molar-refractivity contribution in [2.75, 3.05) is 33.0 Å².